The summed E-state index contributed by atoms with van der Waals surface area (Å²) in [7, 11) is 0. The van der Waals surface area contributed by atoms with Gasteiger partial charge in [-0.05, 0) is 24.2 Å². The summed E-state index contributed by atoms with van der Waals surface area (Å²) in [6.07, 6.45) is 1.72. The number of hydrogen-bond acceptors (Lipinski definition) is 3. The minimum absolute atomic E-state index is 0.00375. The van der Waals surface area contributed by atoms with Gasteiger partial charge in [-0.25, -0.2) is 4.79 Å². The maximum atomic E-state index is 12.0. The van der Waals surface area contributed by atoms with E-state index in [0.29, 0.717) is 19.1 Å². The van der Waals surface area contributed by atoms with Gasteiger partial charge in [-0.2, -0.15) is 0 Å². The van der Waals surface area contributed by atoms with Gasteiger partial charge in [-0.3, -0.25) is 0 Å². The molecular formula is C13H25NO3. The van der Waals surface area contributed by atoms with Crippen LogP contribution < -0.4 is 0 Å². The van der Waals surface area contributed by atoms with Gasteiger partial charge in [0.25, 0.3) is 0 Å². The van der Waals surface area contributed by atoms with E-state index in [9.17, 15) is 9.90 Å². The van der Waals surface area contributed by atoms with E-state index >= 15 is 0 Å². The Morgan fingerprint density at radius 2 is 2.18 bits per heavy atom. The molecule has 0 bridgehead atoms. The number of ether oxygens (including phenoxy) is 1. The van der Waals surface area contributed by atoms with Crippen LogP contribution in [-0.2, 0) is 4.74 Å². The molecule has 100 valence electrons. The van der Waals surface area contributed by atoms with Gasteiger partial charge in [0.1, 0.15) is 0 Å². The van der Waals surface area contributed by atoms with Crippen molar-refractivity contribution in [3.63, 3.8) is 0 Å². The fourth-order valence-electron chi connectivity index (χ4n) is 2.33. The van der Waals surface area contributed by atoms with Crippen LogP contribution in [0.3, 0.4) is 0 Å². The minimum Gasteiger partial charge on any atom is -0.449 e. The highest BCUT2D eigenvalue weighted by Crippen LogP contribution is 2.35. The second-order valence-corrected chi connectivity index (χ2v) is 5.95. The highest BCUT2D eigenvalue weighted by molar-refractivity contribution is 5.68. The number of aliphatic hydroxyl groups is 1. The van der Waals surface area contributed by atoms with Gasteiger partial charge in [0.05, 0.1) is 19.3 Å². The van der Waals surface area contributed by atoms with Crippen molar-refractivity contribution in [2.75, 3.05) is 19.8 Å². The quantitative estimate of drug-likeness (QED) is 0.827. The Labute approximate surface area is 104 Å². The number of nitrogens with zero attached hydrogens (tertiary/aromatic N) is 1. The summed E-state index contributed by atoms with van der Waals surface area (Å²) in [5, 5.41) is 9.47. The first-order valence-electron chi connectivity index (χ1n) is 6.42. The maximum Gasteiger partial charge on any atom is 0.410 e. The molecule has 0 radical (unpaired) electrons. The Morgan fingerprint density at radius 1 is 1.53 bits per heavy atom. The van der Waals surface area contributed by atoms with Crippen LogP contribution in [0.25, 0.3) is 0 Å². The zero-order chi connectivity index (χ0) is 13.1. The van der Waals surface area contributed by atoms with Crippen molar-refractivity contribution >= 4 is 6.09 Å². The smallest absolute Gasteiger partial charge is 0.410 e. The van der Waals surface area contributed by atoms with Crippen LogP contribution >= 0.6 is 0 Å². The van der Waals surface area contributed by atoms with Gasteiger partial charge in [0, 0.05) is 6.54 Å². The molecule has 1 rings (SSSR count). The molecule has 4 nitrogen and oxygen atoms in total. The number of aliphatic hydroxyl groups excluding tert-OH is 1. The van der Waals surface area contributed by atoms with Crippen molar-refractivity contribution in [2.45, 2.75) is 46.6 Å². The van der Waals surface area contributed by atoms with Gasteiger partial charge in [-0.1, -0.05) is 27.7 Å². The molecule has 1 fully saturated rings. The van der Waals surface area contributed by atoms with E-state index in [2.05, 4.69) is 13.8 Å². The predicted octanol–water partition coefficient (Wildman–Crippen LogP) is 2.26. The summed E-state index contributed by atoms with van der Waals surface area (Å²) in [4.78, 5) is 13.6. The Bertz CT molecular complexity index is 263. The third-order valence-corrected chi connectivity index (χ3v) is 3.45. The number of amides is 1. The molecule has 0 aromatic heterocycles. The summed E-state index contributed by atoms with van der Waals surface area (Å²) in [6, 6.07) is -0.129. The van der Waals surface area contributed by atoms with Gasteiger partial charge in [0.2, 0.25) is 0 Å². The van der Waals surface area contributed by atoms with Crippen LogP contribution in [0.2, 0.25) is 0 Å². The van der Waals surface area contributed by atoms with E-state index in [1.807, 2.05) is 13.8 Å². The monoisotopic (exact) mass is 243 g/mol. The van der Waals surface area contributed by atoms with Crippen LogP contribution in [0.15, 0.2) is 0 Å². The Balaban J connectivity index is 2.64. The lowest BCUT2D eigenvalue weighted by atomic mass is 9.77. The molecule has 1 saturated heterocycles. The molecule has 0 aromatic rings. The van der Waals surface area contributed by atoms with Crippen LogP contribution in [0.1, 0.15) is 40.5 Å². The first kappa shape index (κ1) is 14.3. The highest BCUT2D eigenvalue weighted by Gasteiger charge is 2.39. The van der Waals surface area contributed by atoms with E-state index in [1.54, 1.807) is 4.90 Å². The molecule has 0 saturated carbocycles. The fraction of sp³-hybridized carbons (Fsp3) is 0.923. The van der Waals surface area contributed by atoms with E-state index in [1.165, 1.54) is 0 Å². The Hall–Kier alpha value is -0.770. The molecule has 17 heavy (non-hydrogen) atoms. The van der Waals surface area contributed by atoms with Gasteiger partial charge >= 0.3 is 6.09 Å². The predicted molar refractivity (Wildman–Crippen MR) is 66.8 cm³/mol. The Morgan fingerprint density at radius 3 is 2.71 bits per heavy atom. The zero-order valence-corrected chi connectivity index (χ0v) is 11.4. The van der Waals surface area contributed by atoms with Crippen LogP contribution in [0.4, 0.5) is 4.79 Å². The lowest BCUT2D eigenvalue weighted by Gasteiger charge is -2.45. The van der Waals surface area contributed by atoms with Gasteiger partial charge in [-0.15, -0.1) is 0 Å². The largest absolute Gasteiger partial charge is 0.449 e. The van der Waals surface area contributed by atoms with Crippen LogP contribution in [-0.4, -0.2) is 41.9 Å². The molecule has 1 aliphatic heterocycles. The van der Waals surface area contributed by atoms with E-state index in [0.717, 1.165) is 12.8 Å². The molecule has 1 unspecified atom stereocenters. The number of carbonyl (C=O) groups is 1. The lowest BCUT2D eigenvalue weighted by molar-refractivity contribution is -0.00507. The summed E-state index contributed by atoms with van der Waals surface area (Å²) >= 11 is 0. The van der Waals surface area contributed by atoms with E-state index in [4.69, 9.17) is 4.74 Å². The van der Waals surface area contributed by atoms with Crippen molar-refractivity contribution in [2.24, 2.45) is 11.3 Å². The molecule has 1 heterocycles. The van der Waals surface area contributed by atoms with Crippen molar-refractivity contribution < 1.29 is 14.6 Å². The Kier molecular flexibility index (Phi) is 4.80. The fourth-order valence-corrected chi connectivity index (χ4v) is 2.33. The van der Waals surface area contributed by atoms with E-state index < -0.39 is 0 Å². The molecule has 1 amide bonds. The number of piperidine rings is 1. The van der Waals surface area contributed by atoms with Crippen LogP contribution in [0, 0.1) is 11.3 Å². The summed E-state index contributed by atoms with van der Waals surface area (Å²) in [5.74, 6) is 0.337. The standard InChI is InChI=1S/C13H25NO3/c1-10(2)9-17-12(16)14-7-5-6-13(3,4)11(14)8-15/h10-11,15H,5-9H2,1-4H3. The number of carbonyl (C=O) groups excluding carboxylic acids is 1. The summed E-state index contributed by atoms with van der Waals surface area (Å²) < 4.78 is 5.24. The zero-order valence-electron chi connectivity index (χ0n) is 11.4. The number of rotatable bonds is 3. The summed E-state index contributed by atoms with van der Waals surface area (Å²) in [6.45, 7) is 9.34. The van der Waals surface area contributed by atoms with Crippen molar-refractivity contribution in [1.82, 2.24) is 4.90 Å². The average molecular weight is 243 g/mol. The highest BCUT2D eigenvalue weighted by atomic mass is 16.6. The third-order valence-electron chi connectivity index (χ3n) is 3.45. The second kappa shape index (κ2) is 5.71. The second-order valence-electron chi connectivity index (χ2n) is 5.95. The van der Waals surface area contributed by atoms with Crippen molar-refractivity contribution in [1.29, 1.82) is 0 Å². The lowest BCUT2D eigenvalue weighted by Crippen LogP contribution is -2.54. The molecule has 1 N–H and O–H groups in total. The molecule has 1 aliphatic rings. The third kappa shape index (κ3) is 3.60. The first-order chi connectivity index (χ1) is 7.88. The first-order valence-corrected chi connectivity index (χ1v) is 6.42. The molecule has 4 heteroatoms. The maximum absolute atomic E-state index is 12.0. The molecular weight excluding hydrogens is 218 g/mol. The summed E-state index contributed by atoms with van der Waals surface area (Å²) in [5.41, 5.74) is -0.0378. The number of hydrogen-bond donors (Lipinski definition) is 1. The molecule has 0 aliphatic carbocycles. The molecule has 0 spiro atoms. The van der Waals surface area contributed by atoms with E-state index in [-0.39, 0.29) is 24.2 Å². The molecule has 1 atom stereocenters. The van der Waals surface area contributed by atoms with Gasteiger partial charge in [0.15, 0.2) is 0 Å². The van der Waals surface area contributed by atoms with Gasteiger partial charge < -0.3 is 14.7 Å². The SMILES string of the molecule is CC(C)COC(=O)N1CCCC(C)(C)C1CO. The normalized spacial score (nSPS) is 23.9. The van der Waals surface area contributed by atoms with Crippen LogP contribution in [0.5, 0.6) is 0 Å². The van der Waals surface area contributed by atoms with Crippen molar-refractivity contribution in [3.8, 4) is 0 Å². The topological polar surface area (TPSA) is 49.8 Å². The average Bonchev–Trinajstić information content (AvgIpc) is 2.24. The number of likely N-dealkylation sites (tertiary alicyclic amines) is 1. The van der Waals surface area contributed by atoms with Crippen molar-refractivity contribution in [3.05, 3.63) is 0 Å². The minimum atomic E-state index is -0.287. The molecule has 0 aromatic carbocycles.